The Morgan fingerprint density at radius 3 is 2.00 bits per heavy atom. The highest BCUT2D eigenvalue weighted by Crippen LogP contribution is 2.47. The van der Waals surface area contributed by atoms with Crippen LogP contribution in [0.2, 0.25) is 0 Å². The Hall–Kier alpha value is -0.530. The Morgan fingerprint density at radius 1 is 1.21 bits per heavy atom. The summed E-state index contributed by atoms with van der Waals surface area (Å²) in [5.41, 5.74) is 0.184. The molecule has 1 N–H and O–H groups in total. The predicted molar refractivity (Wildman–Crippen MR) is 59.1 cm³/mol. The SMILES string of the molecule is CCCC1(CCC)CC(=O)NC1(C)C. The molecule has 1 saturated heterocycles. The van der Waals surface area contributed by atoms with Crippen LogP contribution in [0.15, 0.2) is 0 Å². The van der Waals surface area contributed by atoms with E-state index in [1.165, 1.54) is 12.8 Å². The lowest BCUT2D eigenvalue weighted by Gasteiger charge is -2.40. The largest absolute Gasteiger partial charge is 0.351 e. The van der Waals surface area contributed by atoms with E-state index in [9.17, 15) is 4.79 Å². The van der Waals surface area contributed by atoms with Crippen LogP contribution in [0.3, 0.4) is 0 Å². The summed E-state index contributed by atoms with van der Waals surface area (Å²) < 4.78 is 0. The van der Waals surface area contributed by atoms with E-state index in [2.05, 4.69) is 33.0 Å². The lowest BCUT2D eigenvalue weighted by atomic mass is 9.66. The van der Waals surface area contributed by atoms with Gasteiger partial charge in [-0.25, -0.2) is 0 Å². The zero-order valence-corrected chi connectivity index (χ0v) is 9.94. The first kappa shape index (κ1) is 11.5. The predicted octanol–water partition coefficient (Wildman–Crippen LogP) is 2.87. The van der Waals surface area contributed by atoms with E-state index in [-0.39, 0.29) is 16.9 Å². The van der Waals surface area contributed by atoms with Crippen molar-refractivity contribution in [2.75, 3.05) is 0 Å². The highest BCUT2D eigenvalue weighted by atomic mass is 16.2. The average Bonchev–Trinajstić information content (AvgIpc) is 2.22. The van der Waals surface area contributed by atoms with Crippen molar-refractivity contribution in [3.8, 4) is 0 Å². The first-order valence-electron chi connectivity index (χ1n) is 5.78. The molecule has 0 aromatic heterocycles. The van der Waals surface area contributed by atoms with Gasteiger partial charge in [-0.2, -0.15) is 0 Å². The van der Waals surface area contributed by atoms with Gasteiger partial charge in [-0.15, -0.1) is 0 Å². The lowest BCUT2D eigenvalue weighted by molar-refractivity contribution is -0.120. The van der Waals surface area contributed by atoms with Gasteiger partial charge in [-0.05, 0) is 26.7 Å². The maximum Gasteiger partial charge on any atom is 0.221 e. The summed E-state index contributed by atoms with van der Waals surface area (Å²) in [7, 11) is 0. The Kier molecular flexibility index (Phi) is 3.23. The minimum atomic E-state index is -0.0178. The zero-order valence-electron chi connectivity index (χ0n) is 9.94. The number of nitrogens with one attached hydrogen (secondary N) is 1. The molecular weight excluding hydrogens is 174 g/mol. The molecule has 1 aliphatic rings. The molecule has 1 aliphatic heterocycles. The third-order valence-electron chi connectivity index (χ3n) is 3.73. The minimum Gasteiger partial charge on any atom is -0.351 e. The van der Waals surface area contributed by atoms with Crippen LogP contribution in [-0.4, -0.2) is 11.4 Å². The number of carbonyl (C=O) groups excluding carboxylic acids is 1. The second-order valence-electron chi connectivity index (χ2n) is 5.13. The summed E-state index contributed by atoms with van der Waals surface area (Å²) in [5, 5.41) is 3.11. The maximum absolute atomic E-state index is 11.5. The molecule has 1 rings (SSSR count). The van der Waals surface area contributed by atoms with Crippen molar-refractivity contribution in [2.24, 2.45) is 5.41 Å². The highest BCUT2D eigenvalue weighted by molar-refractivity contribution is 5.80. The Labute approximate surface area is 87.5 Å². The van der Waals surface area contributed by atoms with Crippen LogP contribution in [0, 0.1) is 5.41 Å². The van der Waals surface area contributed by atoms with Gasteiger partial charge in [-0.3, -0.25) is 4.79 Å². The van der Waals surface area contributed by atoms with Gasteiger partial charge >= 0.3 is 0 Å². The van der Waals surface area contributed by atoms with Crippen molar-refractivity contribution in [3.63, 3.8) is 0 Å². The van der Waals surface area contributed by atoms with Crippen molar-refractivity contribution in [2.45, 2.75) is 65.3 Å². The van der Waals surface area contributed by atoms with Gasteiger partial charge in [0.2, 0.25) is 5.91 Å². The number of amides is 1. The van der Waals surface area contributed by atoms with Gasteiger partial charge in [0.15, 0.2) is 0 Å². The molecule has 0 aliphatic carbocycles. The topological polar surface area (TPSA) is 29.1 Å². The van der Waals surface area contributed by atoms with Gasteiger partial charge < -0.3 is 5.32 Å². The molecule has 2 nitrogen and oxygen atoms in total. The Morgan fingerprint density at radius 2 is 1.71 bits per heavy atom. The minimum absolute atomic E-state index is 0.0178. The summed E-state index contributed by atoms with van der Waals surface area (Å²) in [5.74, 6) is 0.233. The molecule has 0 aromatic rings. The summed E-state index contributed by atoms with van der Waals surface area (Å²) in [6.07, 6.45) is 5.37. The summed E-state index contributed by atoms with van der Waals surface area (Å²) in [4.78, 5) is 11.5. The highest BCUT2D eigenvalue weighted by Gasteiger charge is 2.50. The van der Waals surface area contributed by atoms with Crippen LogP contribution in [0.1, 0.15) is 59.8 Å². The molecule has 0 bridgehead atoms. The zero-order chi connectivity index (χ0) is 10.8. The van der Waals surface area contributed by atoms with Crippen LogP contribution in [-0.2, 0) is 4.79 Å². The van der Waals surface area contributed by atoms with Crippen LogP contribution < -0.4 is 5.32 Å². The van der Waals surface area contributed by atoms with Crippen LogP contribution in [0.5, 0.6) is 0 Å². The number of hydrogen-bond acceptors (Lipinski definition) is 1. The van der Waals surface area contributed by atoms with Crippen LogP contribution >= 0.6 is 0 Å². The molecule has 0 saturated carbocycles. The Balaban J connectivity index is 2.89. The van der Waals surface area contributed by atoms with Crippen molar-refractivity contribution in [1.29, 1.82) is 0 Å². The third-order valence-corrected chi connectivity index (χ3v) is 3.73. The Bertz CT molecular complexity index is 214. The van der Waals surface area contributed by atoms with E-state index in [0.29, 0.717) is 0 Å². The van der Waals surface area contributed by atoms with Gasteiger partial charge in [0.05, 0.1) is 0 Å². The summed E-state index contributed by atoms with van der Waals surface area (Å²) >= 11 is 0. The number of rotatable bonds is 4. The normalized spacial score (nSPS) is 23.6. The van der Waals surface area contributed by atoms with E-state index >= 15 is 0 Å². The van der Waals surface area contributed by atoms with E-state index in [0.717, 1.165) is 19.3 Å². The molecule has 0 aromatic carbocycles. The molecule has 0 spiro atoms. The number of carbonyl (C=O) groups is 1. The average molecular weight is 197 g/mol. The summed E-state index contributed by atoms with van der Waals surface area (Å²) in [6, 6.07) is 0. The fraction of sp³-hybridized carbons (Fsp3) is 0.917. The smallest absolute Gasteiger partial charge is 0.221 e. The van der Waals surface area contributed by atoms with E-state index < -0.39 is 0 Å². The molecule has 1 fully saturated rings. The molecule has 14 heavy (non-hydrogen) atoms. The first-order chi connectivity index (χ1) is 6.47. The van der Waals surface area contributed by atoms with Gasteiger partial charge in [0, 0.05) is 17.4 Å². The van der Waals surface area contributed by atoms with Crippen molar-refractivity contribution in [1.82, 2.24) is 5.32 Å². The monoisotopic (exact) mass is 197 g/mol. The molecule has 0 unspecified atom stereocenters. The molecule has 82 valence electrons. The number of hydrogen-bond donors (Lipinski definition) is 1. The molecule has 2 heteroatoms. The molecule has 0 radical (unpaired) electrons. The molecular formula is C12H23NO. The van der Waals surface area contributed by atoms with Gasteiger partial charge in [0.25, 0.3) is 0 Å². The second kappa shape index (κ2) is 3.92. The molecule has 0 atom stereocenters. The van der Waals surface area contributed by atoms with Crippen molar-refractivity contribution >= 4 is 5.91 Å². The maximum atomic E-state index is 11.5. The fourth-order valence-corrected chi connectivity index (χ4v) is 2.94. The van der Waals surface area contributed by atoms with Gasteiger partial charge in [0.1, 0.15) is 0 Å². The van der Waals surface area contributed by atoms with E-state index in [4.69, 9.17) is 0 Å². The van der Waals surface area contributed by atoms with Crippen molar-refractivity contribution < 1.29 is 4.79 Å². The standard InChI is InChI=1S/C12H23NO/c1-5-7-12(8-6-2)9-10(14)13-11(12,3)4/h5-9H2,1-4H3,(H,13,14). The van der Waals surface area contributed by atoms with Crippen LogP contribution in [0.25, 0.3) is 0 Å². The first-order valence-corrected chi connectivity index (χ1v) is 5.78. The molecule has 1 heterocycles. The van der Waals surface area contributed by atoms with Crippen LogP contribution in [0.4, 0.5) is 0 Å². The second-order valence-corrected chi connectivity index (χ2v) is 5.13. The quantitative estimate of drug-likeness (QED) is 0.737. The third kappa shape index (κ3) is 1.79. The van der Waals surface area contributed by atoms with E-state index in [1.54, 1.807) is 0 Å². The van der Waals surface area contributed by atoms with Crippen molar-refractivity contribution in [3.05, 3.63) is 0 Å². The fourth-order valence-electron chi connectivity index (χ4n) is 2.94. The lowest BCUT2D eigenvalue weighted by Crippen LogP contribution is -2.47. The van der Waals surface area contributed by atoms with Gasteiger partial charge in [-0.1, -0.05) is 26.7 Å². The van der Waals surface area contributed by atoms with E-state index in [1.807, 2.05) is 0 Å². The molecule has 1 amide bonds. The summed E-state index contributed by atoms with van der Waals surface area (Å²) in [6.45, 7) is 8.75.